The van der Waals surface area contributed by atoms with Crippen LogP contribution in [0, 0.1) is 11.3 Å². The van der Waals surface area contributed by atoms with Crippen LogP contribution in [0.2, 0.25) is 5.02 Å². The number of nitrogens with one attached hydrogen (secondary N) is 2. The maximum absolute atomic E-state index is 12.7. The normalized spacial score (nSPS) is 11.8. The maximum Gasteiger partial charge on any atom is 0.253 e. The number of aromatic amines is 1. The van der Waals surface area contributed by atoms with Gasteiger partial charge in [-0.3, -0.25) is 9.78 Å². The predicted molar refractivity (Wildman–Crippen MR) is 117 cm³/mol. The second-order valence-electron chi connectivity index (χ2n) is 6.54. The fourth-order valence-corrected chi connectivity index (χ4v) is 3.87. The fraction of sp³-hybridized carbons (Fsp3) is 0.143. The molecule has 4 rings (SSSR count). The molecule has 7 nitrogen and oxygen atoms in total. The maximum atomic E-state index is 12.7. The van der Waals surface area contributed by atoms with Crippen molar-refractivity contribution in [1.82, 2.24) is 15.0 Å². The highest BCUT2D eigenvalue weighted by atomic mass is 35.5. The van der Waals surface area contributed by atoms with Crippen LogP contribution >= 0.6 is 22.9 Å². The first-order chi connectivity index (χ1) is 14.5. The van der Waals surface area contributed by atoms with Crippen molar-refractivity contribution in [2.45, 2.75) is 19.6 Å². The van der Waals surface area contributed by atoms with Crippen LogP contribution in [0.4, 0.5) is 5.13 Å². The summed E-state index contributed by atoms with van der Waals surface area (Å²) < 4.78 is 5.78. The Bertz CT molecular complexity index is 1300. The third kappa shape index (κ3) is 4.27. The molecule has 0 aliphatic rings. The van der Waals surface area contributed by atoms with E-state index >= 15 is 0 Å². The van der Waals surface area contributed by atoms with Gasteiger partial charge in [-0.15, -0.1) is 0 Å². The summed E-state index contributed by atoms with van der Waals surface area (Å²) in [7, 11) is 0. The van der Waals surface area contributed by atoms with E-state index in [-0.39, 0.29) is 18.2 Å². The molecular weight excluding hydrogens is 422 g/mol. The third-order valence-electron chi connectivity index (χ3n) is 4.45. The van der Waals surface area contributed by atoms with E-state index in [0.717, 1.165) is 11.1 Å². The molecule has 3 heterocycles. The monoisotopic (exact) mass is 437 g/mol. The first kappa shape index (κ1) is 19.9. The molecule has 0 aliphatic carbocycles. The van der Waals surface area contributed by atoms with Crippen LogP contribution in [0.1, 0.15) is 29.1 Å². The summed E-state index contributed by atoms with van der Waals surface area (Å²) in [5.41, 5.74) is 1.71. The summed E-state index contributed by atoms with van der Waals surface area (Å²) in [6, 6.07) is 12.6. The molecule has 150 valence electrons. The zero-order valence-electron chi connectivity index (χ0n) is 15.8. The molecule has 0 aliphatic heterocycles. The van der Waals surface area contributed by atoms with E-state index in [9.17, 15) is 4.79 Å². The van der Waals surface area contributed by atoms with E-state index in [1.54, 1.807) is 24.4 Å². The molecule has 9 heteroatoms. The number of rotatable bonds is 6. The van der Waals surface area contributed by atoms with E-state index in [4.69, 9.17) is 21.6 Å². The van der Waals surface area contributed by atoms with Crippen molar-refractivity contribution in [3.8, 4) is 11.8 Å². The van der Waals surface area contributed by atoms with Gasteiger partial charge in [-0.25, -0.2) is 4.98 Å². The van der Waals surface area contributed by atoms with Gasteiger partial charge in [0.05, 0.1) is 28.5 Å². The zero-order chi connectivity index (χ0) is 21.1. The van der Waals surface area contributed by atoms with Gasteiger partial charge < -0.3 is 15.0 Å². The highest BCUT2D eigenvalue weighted by Crippen LogP contribution is 2.31. The first-order valence-corrected chi connectivity index (χ1v) is 10.2. The minimum Gasteiger partial charge on any atom is -0.486 e. The van der Waals surface area contributed by atoms with Gasteiger partial charge in [0.25, 0.3) is 5.56 Å². The number of thiazole rings is 1. The average Bonchev–Trinajstić information content (AvgIpc) is 3.20. The van der Waals surface area contributed by atoms with Crippen LogP contribution in [0.15, 0.2) is 53.6 Å². The second kappa shape index (κ2) is 8.53. The molecule has 1 atom stereocenters. The van der Waals surface area contributed by atoms with Crippen molar-refractivity contribution >= 4 is 39.0 Å². The number of nitriles is 1. The van der Waals surface area contributed by atoms with Crippen LogP contribution in [-0.4, -0.2) is 15.0 Å². The van der Waals surface area contributed by atoms with Gasteiger partial charge >= 0.3 is 0 Å². The van der Waals surface area contributed by atoms with E-state index in [2.05, 4.69) is 20.3 Å². The van der Waals surface area contributed by atoms with Crippen LogP contribution < -0.4 is 15.6 Å². The summed E-state index contributed by atoms with van der Waals surface area (Å²) >= 11 is 7.63. The number of H-pyrrole nitrogens is 1. The van der Waals surface area contributed by atoms with Crippen molar-refractivity contribution < 1.29 is 4.74 Å². The Balaban J connectivity index is 1.58. The molecule has 0 saturated heterocycles. The molecule has 0 fully saturated rings. The minimum atomic E-state index is -0.310. The molecule has 30 heavy (non-hydrogen) atoms. The Morgan fingerprint density at radius 3 is 2.93 bits per heavy atom. The zero-order valence-corrected chi connectivity index (χ0v) is 17.4. The molecule has 0 unspecified atom stereocenters. The number of hydrogen-bond acceptors (Lipinski definition) is 7. The number of aromatic nitrogens is 3. The van der Waals surface area contributed by atoms with Gasteiger partial charge in [-0.1, -0.05) is 29.0 Å². The van der Waals surface area contributed by atoms with Crippen molar-refractivity contribution in [2.24, 2.45) is 0 Å². The molecule has 4 aromatic rings. The Morgan fingerprint density at radius 2 is 2.20 bits per heavy atom. The van der Waals surface area contributed by atoms with E-state index in [1.165, 1.54) is 17.5 Å². The molecule has 0 radical (unpaired) electrons. The van der Waals surface area contributed by atoms with Crippen molar-refractivity contribution in [1.29, 1.82) is 5.26 Å². The Labute approximate surface area is 181 Å². The molecule has 1 aromatic carbocycles. The van der Waals surface area contributed by atoms with Crippen LogP contribution in [0.25, 0.3) is 10.9 Å². The number of benzene rings is 1. The quantitative estimate of drug-likeness (QED) is 0.454. The van der Waals surface area contributed by atoms with E-state index in [1.807, 2.05) is 31.2 Å². The highest BCUT2D eigenvalue weighted by Gasteiger charge is 2.15. The van der Waals surface area contributed by atoms with Gasteiger partial charge in [0.1, 0.15) is 23.3 Å². The van der Waals surface area contributed by atoms with Crippen LogP contribution in [0.5, 0.6) is 5.75 Å². The largest absolute Gasteiger partial charge is 0.486 e. The summed E-state index contributed by atoms with van der Waals surface area (Å²) in [6.45, 7) is 2.13. The Morgan fingerprint density at radius 1 is 1.33 bits per heavy atom. The number of hydrogen-bond donors (Lipinski definition) is 2. The fourth-order valence-electron chi connectivity index (χ4n) is 2.95. The topological polar surface area (TPSA) is 104 Å². The minimum absolute atomic E-state index is 0.224. The van der Waals surface area contributed by atoms with E-state index in [0.29, 0.717) is 31.9 Å². The van der Waals surface area contributed by atoms with Gasteiger partial charge in [0, 0.05) is 23.2 Å². The van der Waals surface area contributed by atoms with Gasteiger partial charge in [-0.2, -0.15) is 5.26 Å². The molecule has 0 bridgehead atoms. The lowest BCUT2D eigenvalue weighted by atomic mass is 10.1. The predicted octanol–water partition coefficient (Wildman–Crippen LogP) is 4.66. The second-order valence-corrected chi connectivity index (χ2v) is 7.98. The van der Waals surface area contributed by atoms with Gasteiger partial charge in [0.15, 0.2) is 5.13 Å². The summed E-state index contributed by atoms with van der Waals surface area (Å²) in [5, 5.41) is 13.9. The molecule has 3 aromatic heterocycles. The lowest BCUT2D eigenvalue weighted by Crippen LogP contribution is -2.19. The van der Waals surface area contributed by atoms with Crippen molar-refractivity contribution in [2.75, 3.05) is 5.32 Å². The first-order valence-electron chi connectivity index (χ1n) is 9.05. The van der Waals surface area contributed by atoms with Gasteiger partial charge in [0.2, 0.25) is 0 Å². The summed E-state index contributed by atoms with van der Waals surface area (Å²) in [6.07, 6.45) is 3.19. The molecule has 0 saturated carbocycles. The van der Waals surface area contributed by atoms with Crippen LogP contribution in [-0.2, 0) is 6.61 Å². The van der Waals surface area contributed by atoms with E-state index < -0.39 is 0 Å². The number of anilines is 1. The molecular formula is C21H16ClN5O2S. The van der Waals surface area contributed by atoms with Crippen LogP contribution in [0.3, 0.4) is 0 Å². The number of nitrogens with zero attached hydrogens (tertiary/aromatic N) is 3. The lowest BCUT2D eigenvalue weighted by Gasteiger charge is -2.14. The summed E-state index contributed by atoms with van der Waals surface area (Å²) in [5.74, 6) is 0.469. The lowest BCUT2D eigenvalue weighted by molar-refractivity contribution is 0.302. The highest BCUT2D eigenvalue weighted by molar-refractivity contribution is 7.16. The SMILES string of the molecule is C[C@@H](Nc1ncc(C#N)s1)c1cc2cc(Cl)c(OCc3ccccn3)cc2[nH]c1=O. The average molecular weight is 438 g/mol. The third-order valence-corrected chi connectivity index (χ3v) is 5.58. The molecule has 0 amide bonds. The molecule has 2 N–H and O–H groups in total. The Hall–Kier alpha value is -3.41. The van der Waals surface area contributed by atoms with Crippen molar-refractivity contribution in [3.63, 3.8) is 0 Å². The smallest absolute Gasteiger partial charge is 0.253 e. The standard InChI is InChI=1S/C21H16ClN5O2S/c1-12(26-21-25-10-15(9-23)30-21)16-6-13-7-17(22)19(8-18(13)27-20(16)28)29-11-14-4-2-3-5-24-14/h2-8,10,12H,11H2,1H3,(H,25,26)(H,27,28)/t12-/m1/s1. The summed E-state index contributed by atoms with van der Waals surface area (Å²) in [4.78, 5) is 24.4. The number of ether oxygens (including phenoxy) is 1. The number of halogens is 1. The number of fused-ring (bicyclic) bond motifs is 1. The van der Waals surface area contributed by atoms with Crippen molar-refractivity contribution in [3.05, 3.63) is 80.3 Å². The molecule has 0 spiro atoms. The Kier molecular flexibility index (Phi) is 5.65. The van der Waals surface area contributed by atoms with Gasteiger partial charge in [-0.05, 0) is 31.2 Å². The number of pyridine rings is 2.